The first-order valence-corrected chi connectivity index (χ1v) is 19.3. The molecule has 6 aromatic rings. The zero-order chi connectivity index (χ0) is 33.0. The first-order chi connectivity index (χ1) is 23.7. The molecule has 0 radical (unpaired) electrons. The van der Waals surface area contributed by atoms with E-state index in [1.165, 1.54) is 60.6 Å². The molecule has 0 bridgehead atoms. The minimum atomic E-state index is -1.74. The minimum Gasteiger partial charge on any atom is -1.00 e. The summed E-state index contributed by atoms with van der Waals surface area (Å²) in [7, 11) is -1.74. The van der Waals surface area contributed by atoms with E-state index in [1.807, 2.05) is 42.6 Å². The maximum Gasteiger partial charge on any atom is 0.144 e. The number of aromatic hydroxyl groups is 2. The lowest BCUT2D eigenvalue weighted by Crippen LogP contribution is -3.00. The number of halogens is 1. The Labute approximate surface area is 298 Å². The summed E-state index contributed by atoms with van der Waals surface area (Å²) in [4.78, 5) is 4.85. The van der Waals surface area contributed by atoms with Crippen molar-refractivity contribution in [3.63, 3.8) is 0 Å². The maximum atomic E-state index is 10.6. The van der Waals surface area contributed by atoms with Gasteiger partial charge in [-0.3, -0.25) is 0 Å². The number of nitrogens with zero attached hydrogens (tertiary/aromatic N) is 2. The van der Waals surface area contributed by atoms with Crippen molar-refractivity contribution in [2.24, 2.45) is 0 Å². The van der Waals surface area contributed by atoms with Crippen LogP contribution in [0.4, 0.5) is 0 Å². The molecule has 0 spiro atoms. The van der Waals surface area contributed by atoms with Crippen LogP contribution in [0.2, 0.25) is 0 Å². The lowest BCUT2D eigenvalue weighted by molar-refractivity contribution is -0.0000115. The fourth-order valence-electron chi connectivity index (χ4n) is 6.86. The van der Waals surface area contributed by atoms with Crippen molar-refractivity contribution in [2.75, 3.05) is 6.16 Å². The average molecular weight is 689 g/mol. The van der Waals surface area contributed by atoms with Gasteiger partial charge in [-0.1, -0.05) is 111 Å². The summed E-state index contributed by atoms with van der Waals surface area (Å²) in [5.41, 5.74) is 2.12. The molecule has 1 aromatic heterocycles. The summed E-state index contributed by atoms with van der Waals surface area (Å²) in [6, 6.07) is 48.2. The molecule has 4 nitrogen and oxygen atoms in total. The summed E-state index contributed by atoms with van der Waals surface area (Å²) in [6.45, 7) is 0.814. The van der Waals surface area contributed by atoms with Crippen LogP contribution in [0, 0.1) is 0 Å². The predicted molar refractivity (Wildman–Crippen MR) is 203 cm³/mol. The number of rotatable bonds is 16. The Morgan fingerprint density at radius 1 is 0.469 bits per heavy atom. The molecular weight excluding hydrogens is 643 g/mol. The highest BCUT2D eigenvalue weighted by Crippen LogP contribution is 2.56. The molecule has 1 heterocycles. The fraction of sp³-hybridized carbons (Fsp3) is 0.233. The van der Waals surface area contributed by atoms with E-state index in [-0.39, 0.29) is 23.9 Å². The smallest absolute Gasteiger partial charge is 0.144 e. The topological polar surface area (TPSA) is 58.3 Å². The van der Waals surface area contributed by atoms with Gasteiger partial charge in [0.25, 0.3) is 0 Å². The predicted octanol–water partition coefficient (Wildman–Crippen LogP) is 6.75. The van der Waals surface area contributed by atoms with Gasteiger partial charge in [-0.2, -0.15) is 0 Å². The van der Waals surface area contributed by atoms with Gasteiger partial charge in [0.1, 0.15) is 40.5 Å². The molecule has 0 saturated carbocycles. The minimum absolute atomic E-state index is 0. The van der Waals surface area contributed by atoms with Crippen LogP contribution in [0.15, 0.2) is 146 Å². The Morgan fingerprint density at radius 2 is 0.878 bits per heavy atom. The second-order valence-electron chi connectivity index (χ2n) is 12.5. The number of hydrogen-bond acceptors (Lipinski definition) is 3. The van der Waals surface area contributed by atoms with Gasteiger partial charge < -0.3 is 27.2 Å². The standard InChI is InChI=1S/C43H45N2O2P.ClH/c46-41-30-18-16-28-38(41)40-34-45(43(44-40)39-29-17-19-31-42(39)47)32-20-5-3-1-2-4-6-21-33-48(35-22-10-7-11-23-35,36-24-12-8-13-25-36)37-26-14-9-15-27-37;/h7-19,22-31,34H,1-6,20-21,32-33H2,(H-,44,46,47);1H. The quantitative estimate of drug-likeness (QED) is 0.0875. The van der Waals surface area contributed by atoms with Crippen LogP contribution >= 0.6 is 7.26 Å². The van der Waals surface area contributed by atoms with Crippen molar-refractivity contribution in [1.29, 1.82) is 0 Å². The van der Waals surface area contributed by atoms with Gasteiger partial charge >= 0.3 is 0 Å². The molecule has 6 rings (SSSR count). The lowest BCUT2D eigenvalue weighted by Gasteiger charge is -2.27. The van der Waals surface area contributed by atoms with E-state index in [9.17, 15) is 10.2 Å². The molecule has 49 heavy (non-hydrogen) atoms. The van der Waals surface area contributed by atoms with Gasteiger partial charge in [0, 0.05) is 18.3 Å². The summed E-state index contributed by atoms with van der Waals surface area (Å²) < 4.78 is 2.12. The van der Waals surface area contributed by atoms with Crippen molar-refractivity contribution in [2.45, 2.75) is 57.9 Å². The lowest BCUT2D eigenvalue weighted by atomic mass is 10.1. The Morgan fingerprint density at radius 3 is 1.37 bits per heavy atom. The average Bonchev–Trinajstić information content (AvgIpc) is 3.55. The number of imidazole rings is 1. The van der Waals surface area contributed by atoms with Gasteiger partial charge in [-0.25, -0.2) is 4.98 Å². The first kappa shape index (κ1) is 35.9. The van der Waals surface area contributed by atoms with E-state index >= 15 is 0 Å². The summed E-state index contributed by atoms with van der Waals surface area (Å²) in [5.74, 6) is 1.15. The molecule has 2 N–H and O–H groups in total. The van der Waals surface area contributed by atoms with Crippen LogP contribution in [0.25, 0.3) is 22.6 Å². The summed E-state index contributed by atoms with van der Waals surface area (Å²) in [5, 5.41) is 25.4. The zero-order valence-electron chi connectivity index (χ0n) is 28.0. The molecule has 0 aliphatic heterocycles. The van der Waals surface area contributed by atoms with E-state index in [2.05, 4.69) is 95.6 Å². The van der Waals surface area contributed by atoms with Crippen molar-refractivity contribution < 1.29 is 22.6 Å². The van der Waals surface area contributed by atoms with Crippen molar-refractivity contribution >= 4 is 23.2 Å². The van der Waals surface area contributed by atoms with Gasteiger partial charge in [0.05, 0.1) is 17.4 Å². The number of unbranched alkanes of at least 4 members (excludes halogenated alkanes) is 7. The van der Waals surface area contributed by atoms with Gasteiger partial charge in [0.2, 0.25) is 0 Å². The monoisotopic (exact) mass is 688 g/mol. The zero-order valence-corrected chi connectivity index (χ0v) is 29.7. The SMILES string of the molecule is Oc1ccccc1-c1cn(CCCCCCCCCC[P+](c2ccccc2)(c2ccccc2)c2ccccc2)c(-c2ccccc2O)n1.[Cl-]. The molecular formula is C43H46ClN2O2P. The second kappa shape index (κ2) is 17.9. The molecule has 5 aromatic carbocycles. The molecule has 0 amide bonds. The van der Waals surface area contributed by atoms with Crippen LogP contribution in [0.3, 0.4) is 0 Å². The molecule has 0 atom stereocenters. The van der Waals surface area contributed by atoms with Crippen LogP contribution in [-0.4, -0.2) is 25.9 Å². The number of phenolic OH excluding ortho intramolecular Hbond substituents is 2. The molecule has 0 unspecified atom stereocenters. The third-order valence-electron chi connectivity index (χ3n) is 9.33. The van der Waals surface area contributed by atoms with Gasteiger partial charge in [-0.05, 0) is 79.9 Å². The summed E-state index contributed by atoms with van der Waals surface area (Å²) in [6.07, 6.45) is 12.8. The van der Waals surface area contributed by atoms with Crippen LogP contribution < -0.4 is 28.3 Å². The normalized spacial score (nSPS) is 11.3. The van der Waals surface area contributed by atoms with Crippen LogP contribution in [0.5, 0.6) is 11.5 Å². The van der Waals surface area contributed by atoms with E-state index in [0.717, 1.165) is 25.2 Å². The number of phenols is 2. The third-order valence-corrected chi connectivity index (χ3v) is 13.9. The Hall–Kier alpha value is -4.37. The molecule has 0 aliphatic rings. The Balaban J connectivity index is 0.00000468. The number of benzene rings is 5. The van der Waals surface area contributed by atoms with Crippen LogP contribution in [-0.2, 0) is 6.54 Å². The van der Waals surface area contributed by atoms with Gasteiger partial charge in [-0.15, -0.1) is 0 Å². The second-order valence-corrected chi connectivity index (χ2v) is 16.2. The van der Waals surface area contributed by atoms with Crippen molar-refractivity contribution in [3.8, 4) is 34.1 Å². The molecule has 6 heteroatoms. The number of hydrogen-bond donors (Lipinski definition) is 2. The van der Waals surface area contributed by atoms with Crippen molar-refractivity contribution in [3.05, 3.63) is 146 Å². The first-order valence-electron chi connectivity index (χ1n) is 17.4. The largest absolute Gasteiger partial charge is 1.00 e. The van der Waals surface area contributed by atoms with E-state index in [4.69, 9.17) is 4.98 Å². The van der Waals surface area contributed by atoms with E-state index < -0.39 is 7.26 Å². The highest BCUT2D eigenvalue weighted by molar-refractivity contribution is 7.95. The third kappa shape index (κ3) is 8.63. The Bertz CT molecular complexity index is 1770. The molecule has 252 valence electrons. The summed E-state index contributed by atoms with van der Waals surface area (Å²) >= 11 is 0. The number of para-hydroxylation sites is 2. The van der Waals surface area contributed by atoms with Crippen LogP contribution in [0.1, 0.15) is 51.4 Å². The Kier molecular flexibility index (Phi) is 13.1. The van der Waals surface area contributed by atoms with E-state index in [0.29, 0.717) is 16.8 Å². The highest BCUT2D eigenvalue weighted by atomic mass is 35.5. The van der Waals surface area contributed by atoms with Crippen molar-refractivity contribution in [1.82, 2.24) is 9.55 Å². The molecule has 0 saturated heterocycles. The molecule has 0 aliphatic carbocycles. The molecule has 0 fully saturated rings. The van der Waals surface area contributed by atoms with E-state index in [1.54, 1.807) is 12.1 Å². The fourth-order valence-corrected chi connectivity index (χ4v) is 11.3. The maximum absolute atomic E-state index is 10.6. The number of aryl methyl sites for hydroxylation is 1. The highest BCUT2D eigenvalue weighted by Gasteiger charge is 2.44. The number of aromatic nitrogens is 2. The van der Waals surface area contributed by atoms with Gasteiger partial charge in [0.15, 0.2) is 0 Å².